The molecular weight excluding hydrogens is 346 g/mol. The summed E-state index contributed by atoms with van der Waals surface area (Å²) in [4.78, 5) is 26.1. The van der Waals surface area contributed by atoms with E-state index in [0.717, 1.165) is 31.9 Å². The Morgan fingerprint density at radius 3 is 2.67 bits per heavy atom. The van der Waals surface area contributed by atoms with E-state index >= 15 is 0 Å². The first kappa shape index (κ1) is 17.0. The average Bonchev–Trinajstić information content (AvgIpc) is 3.02. The number of hydrogen-bond acceptors (Lipinski definition) is 6. The number of amides is 1. The Morgan fingerprint density at radius 2 is 2.04 bits per heavy atom. The van der Waals surface area contributed by atoms with Crippen LogP contribution in [0.1, 0.15) is 28.9 Å². The van der Waals surface area contributed by atoms with Crippen molar-refractivity contribution in [1.82, 2.24) is 9.97 Å². The number of nitrogens with one attached hydrogen (secondary N) is 1. The van der Waals surface area contributed by atoms with Gasteiger partial charge in [-0.2, -0.15) is 4.98 Å². The molecule has 2 aromatic heterocycles. The van der Waals surface area contributed by atoms with E-state index in [-0.39, 0.29) is 5.91 Å². The van der Waals surface area contributed by atoms with Gasteiger partial charge in [0.05, 0.1) is 15.4 Å². The van der Waals surface area contributed by atoms with Crippen LogP contribution in [0, 0.1) is 0 Å². The van der Waals surface area contributed by atoms with E-state index in [1.807, 2.05) is 19.0 Å². The van der Waals surface area contributed by atoms with E-state index in [1.54, 1.807) is 18.3 Å². The highest BCUT2D eigenvalue weighted by Crippen LogP contribution is 2.27. The number of aromatic nitrogens is 2. The van der Waals surface area contributed by atoms with Gasteiger partial charge in [-0.15, -0.1) is 11.3 Å². The normalized spacial score (nSPS) is 14.5. The summed E-state index contributed by atoms with van der Waals surface area (Å²) in [6.45, 7) is 1.96. The number of carbonyl (C=O) groups excluding carboxylic acids is 1. The second-order valence-electron chi connectivity index (χ2n) is 5.91. The molecule has 1 aliphatic rings. The predicted molar refractivity (Wildman–Crippen MR) is 99.7 cm³/mol. The number of nitrogens with zero attached hydrogens (tertiary/aromatic N) is 4. The summed E-state index contributed by atoms with van der Waals surface area (Å²) in [5, 5.41) is 2.88. The van der Waals surface area contributed by atoms with E-state index in [2.05, 4.69) is 20.2 Å². The van der Waals surface area contributed by atoms with Gasteiger partial charge in [-0.1, -0.05) is 11.6 Å². The zero-order chi connectivity index (χ0) is 17.1. The molecule has 0 spiro atoms. The van der Waals surface area contributed by atoms with Crippen molar-refractivity contribution in [3.63, 3.8) is 0 Å². The minimum absolute atomic E-state index is 0.204. The molecule has 0 aromatic carbocycles. The van der Waals surface area contributed by atoms with Crippen molar-refractivity contribution in [1.29, 1.82) is 0 Å². The highest BCUT2D eigenvalue weighted by Gasteiger charge is 2.18. The Kier molecular flexibility index (Phi) is 5.20. The van der Waals surface area contributed by atoms with Crippen molar-refractivity contribution in [2.24, 2.45) is 0 Å². The fourth-order valence-corrected chi connectivity index (χ4v) is 3.60. The molecule has 3 heterocycles. The van der Waals surface area contributed by atoms with Crippen molar-refractivity contribution in [2.45, 2.75) is 19.3 Å². The minimum Gasteiger partial charge on any atom is -0.361 e. The molecule has 128 valence electrons. The maximum absolute atomic E-state index is 12.3. The number of rotatable bonds is 4. The van der Waals surface area contributed by atoms with Crippen LogP contribution in [0.25, 0.3) is 0 Å². The van der Waals surface area contributed by atoms with Gasteiger partial charge in [0.2, 0.25) is 5.95 Å². The molecular formula is C16H20ClN5OS. The first-order valence-electron chi connectivity index (χ1n) is 7.90. The molecule has 1 N–H and O–H groups in total. The monoisotopic (exact) mass is 365 g/mol. The quantitative estimate of drug-likeness (QED) is 0.898. The Labute approximate surface area is 150 Å². The number of carbonyl (C=O) groups is 1. The average molecular weight is 366 g/mol. The number of thiophene rings is 1. The summed E-state index contributed by atoms with van der Waals surface area (Å²) in [6, 6.07) is 3.42. The third-order valence-corrected chi connectivity index (χ3v) is 5.09. The first-order chi connectivity index (χ1) is 11.5. The number of anilines is 3. The maximum atomic E-state index is 12.3. The molecule has 1 amide bonds. The van der Waals surface area contributed by atoms with E-state index in [0.29, 0.717) is 20.7 Å². The standard InChI is InChI=1S/C16H20ClN5OS/c1-21(2)14-11(19-15(23)12-6-7-13(17)24-12)10-18-16(20-14)22-8-4-3-5-9-22/h6-7,10H,3-5,8-9H2,1-2H3,(H,19,23). The second-order valence-corrected chi connectivity index (χ2v) is 7.62. The summed E-state index contributed by atoms with van der Waals surface area (Å²) in [5.41, 5.74) is 0.593. The largest absolute Gasteiger partial charge is 0.361 e. The lowest BCUT2D eigenvalue weighted by atomic mass is 10.1. The van der Waals surface area contributed by atoms with Crippen LogP contribution < -0.4 is 15.1 Å². The van der Waals surface area contributed by atoms with Gasteiger partial charge in [0, 0.05) is 27.2 Å². The summed E-state index contributed by atoms with van der Waals surface area (Å²) in [6.07, 6.45) is 5.27. The van der Waals surface area contributed by atoms with E-state index in [9.17, 15) is 4.79 Å². The third kappa shape index (κ3) is 3.79. The lowest BCUT2D eigenvalue weighted by molar-refractivity contribution is 0.103. The Morgan fingerprint density at radius 1 is 1.29 bits per heavy atom. The first-order valence-corrected chi connectivity index (χ1v) is 9.10. The van der Waals surface area contributed by atoms with Crippen molar-refractivity contribution < 1.29 is 4.79 Å². The van der Waals surface area contributed by atoms with Crippen LogP contribution in [0.15, 0.2) is 18.3 Å². The maximum Gasteiger partial charge on any atom is 0.265 e. The zero-order valence-corrected chi connectivity index (χ0v) is 15.3. The zero-order valence-electron chi connectivity index (χ0n) is 13.8. The van der Waals surface area contributed by atoms with Crippen molar-refractivity contribution in [3.8, 4) is 0 Å². The molecule has 1 aliphatic heterocycles. The van der Waals surface area contributed by atoms with Gasteiger partial charge in [-0.25, -0.2) is 4.98 Å². The van der Waals surface area contributed by atoms with E-state index in [4.69, 9.17) is 11.6 Å². The van der Waals surface area contributed by atoms with Gasteiger partial charge in [-0.05, 0) is 31.4 Å². The molecule has 0 unspecified atom stereocenters. The third-order valence-electron chi connectivity index (χ3n) is 3.86. The highest BCUT2D eigenvalue weighted by atomic mass is 35.5. The van der Waals surface area contributed by atoms with E-state index in [1.165, 1.54) is 17.8 Å². The SMILES string of the molecule is CN(C)c1nc(N2CCCCC2)ncc1NC(=O)c1ccc(Cl)s1. The summed E-state index contributed by atoms with van der Waals surface area (Å²) >= 11 is 7.14. The molecule has 1 fully saturated rings. The van der Waals surface area contributed by atoms with Crippen molar-refractivity contribution in [2.75, 3.05) is 42.3 Å². The van der Waals surface area contributed by atoms with Crippen LogP contribution in [-0.4, -0.2) is 43.1 Å². The van der Waals surface area contributed by atoms with Gasteiger partial charge >= 0.3 is 0 Å². The van der Waals surface area contributed by atoms with Gasteiger partial charge in [0.25, 0.3) is 5.91 Å². The fraction of sp³-hybridized carbons (Fsp3) is 0.438. The Hall–Kier alpha value is -1.86. The van der Waals surface area contributed by atoms with E-state index < -0.39 is 0 Å². The lowest BCUT2D eigenvalue weighted by Crippen LogP contribution is -2.31. The van der Waals surface area contributed by atoms with Crippen LogP contribution in [0.2, 0.25) is 4.34 Å². The van der Waals surface area contributed by atoms with Gasteiger partial charge in [0.1, 0.15) is 5.69 Å². The molecule has 0 radical (unpaired) electrons. The van der Waals surface area contributed by atoms with Crippen molar-refractivity contribution >= 4 is 46.3 Å². The molecule has 0 bridgehead atoms. The summed E-state index contributed by atoms with van der Waals surface area (Å²) < 4.78 is 0.588. The summed E-state index contributed by atoms with van der Waals surface area (Å²) in [5.74, 6) is 1.21. The van der Waals surface area contributed by atoms with Gasteiger partial charge in [-0.3, -0.25) is 4.79 Å². The number of halogens is 1. The molecule has 1 saturated heterocycles. The molecule has 0 atom stereocenters. The highest BCUT2D eigenvalue weighted by molar-refractivity contribution is 7.18. The van der Waals surface area contributed by atoms with Crippen LogP contribution in [0.4, 0.5) is 17.5 Å². The second kappa shape index (κ2) is 7.36. The van der Waals surface area contributed by atoms with Gasteiger partial charge < -0.3 is 15.1 Å². The van der Waals surface area contributed by atoms with Crippen LogP contribution in [-0.2, 0) is 0 Å². The van der Waals surface area contributed by atoms with Crippen LogP contribution in [0.3, 0.4) is 0 Å². The molecule has 24 heavy (non-hydrogen) atoms. The Bertz CT molecular complexity index is 727. The molecule has 2 aromatic rings. The Balaban J connectivity index is 1.83. The van der Waals surface area contributed by atoms with Crippen LogP contribution >= 0.6 is 22.9 Å². The topological polar surface area (TPSA) is 61.4 Å². The van der Waals surface area contributed by atoms with Crippen LogP contribution in [0.5, 0.6) is 0 Å². The smallest absolute Gasteiger partial charge is 0.265 e. The fourth-order valence-electron chi connectivity index (χ4n) is 2.66. The number of hydrogen-bond donors (Lipinski definition) is 1. The lowest BCUT2D eigenvalue weighted by Gasteiger charge is -2.28. The molecule has 0 saturated carbocycles. The van der Waals surface area contributed by atoms with Crippen molar-refractivity contribution in [3.05, 3.63) is 27.5 Å². The molecule has 8 heteroatoms. The molecule has 3 rings (SSSR count). The minimum atomic E-state index is -0.204. The van der Waals surface area contributed by atoms with Gasteiger partial charge in [0.15, 0.2) is 5.82 Å². The predicted octanol–water partition coefficient (Wildman–Crippen LogP) is 3.50. The molecule has 6 nitrogen and oxygen atoms in total. The summed E-state index contributed by atoms with van der Waals surface area (Å²) in [7, 11) is 3.81. The molecule has 0 aliphatic carbocycles. The number of piperidine rings is 1.